The quantitative estimate of drug-likeness (QED) is 0.179. The van der Waals surface area contributed by atoms with Crippen LogP contribution in [-0.2, 0) is 18.6 Å². The number of fused-ring (bicyclic) bond motifs is 2. The molecule has 1 aliphatic heterocycles. The minimum Gasteiger partial charge on any atom is -0.480 e. The number of halogens is 1. The van der Waals surface area contributed by atoms with Crippen LogP contribution in [0.4, 0.5) is 10.3 Å². The van der Waals surface area contributed by atoms with E-state index in [1.54, 1.807) is 38.1 Å². The van der Waals surface area contributed by atoms with Crippen LogP contribution in [0, 0.1) is 5.92 Å². The lowest BCUT2D eigenvalue weighted by molar-refractivity contribution is -0.140. The first-order chi connectivity index (χ1) is 20.3. The maximum absolute atomic E-state index is 15.7. The summed E-state index contributed by atoms with van der Waals surface area (Å²) in [6, 6.07) is 10.9. The number of aromatic nitrogens is 4. The molecule has 6 atom stereocenters. The molecule has 0 aliphatic carbocycles. The average molecular weight is 619 g/mol. The molecule has 0 amide bonds. The average Bonchev–Trinajstić information content (AvgIpc) is 3.47. The number of benzene rings is 2. The summed E-state index contributed by atoms with van der Waals surface area (Å²) in [4.78, 5) is 24.3. The van der Waals surface area contributed by atoms with Crippen molar-refractivity contribution < 1.29 is 42.5 Å². The fraction of sp³-hybridized carbons (Fsp3) is 0.407. The van der Waals surface area contributed by atoms with Crippen LogP contribution in [0.15, 0.2) is 48.8 Å². The smallest absolute Gasteiger partial charge is 0.459 e. The number of aliphatic carboxylic acids is 1. The number of ether oxygens (including phenoxy) is 2. The predicted octanol–water partition coefficient (Wildman–Crippen LogP) is 3.46. The molecule has 2 unspecified atom stereocenters. The number of aliphatic hydroxyl groups is 1. The molecule has 0 spiro atoms. The first-order valence-electron chi connectivity index (χ1n) is 13.3. The highest BCUT2D eigenvalue weighted by Gasteiger charge is 2.55. The van der Waals surface area contributed by atoms with Gasteiger partial charge in [-0.05, 0) is 24.3 Å². The summed E-state index contributed by atoms with van der Waals surface area (Å²) in [5, 5.41) is 24.8. The highest BCUT2D eigenvalue weighted by atomic mass is 31.2. The van der Waals surface area contributed by atoms with E-state index < -0.39 is 56.4 Å². The van der Waals surface area contributed by atoms with Crippen LogP contribution in [0.1, 0.15) is 27.0 Å². The van der Waals surface area contributed by atoms with Gasteiger partial charge in [-0.2, -0.15) is 15.1 Å². The van der Waals surface area contributed by atoms with Gasteiger partial charge < -0.3 is 29.9 Å². The van der Waals surface area contributed by atoms with Crippen molar-refractivity contribution in [3.05, 3.63) is 48.8 Å². The van der Waals surface area contributed by atoms with Crippen LogP contribution in [0.5, 0.6) is 11.6 Å². The summed E-state index contributed by atoms with van der Waals surface area (Å²) < 4.78 is 53.8. The number of rotatable bonds is 11. The normalized spacial score (nSPS) is 24.3. The Bertz CT molecular complexity index is 1700. The number of nitrogens with zero attached hydrogens (tertiary/aromatic N) is 4. The number of nitrogen functional groups attached to an aromatic ring is 1. The van der Waals surface area contributed by atoms with Crippen LogP contribution in [0.2, 0.25) is 0 Å². The van der Waals surface area contributed by atoms with E-state index in [0.29, 0.717) is 5.39 Å². The molecule has 0 bridgehead atoms. The molecule has 0 radical (unpaired) electrons. The molecular formula is C27H32FN6O8P. The second-order valence-corrected chi connectivity index (χ2v) is 12.3. The highest BCUT2D eigenvalue weighted by Crippen LogP contribution is 2.49. The number of hydrogen-bond donors (Lipinski definition) is 4. The number of hydrogen-bond acceptors (Lipinski definition) is 11. The van der Waals surface area contributed by atoms with Gasteiger partial charge in [-0.1, -0.05) is 50.2 Å². The first-order valence-corrected chi connectivity index (χ1v) is 14.9. The molecule has 2 aromatic heterocycles. The molecule has 43 heavy (non-hydrogen) atoms. The summed E-state index contributed by atoms with van der Waals surface area (Å²) in [5.74, 6) is -1.71. The van der Waals surface area contributed by atoms with E-state index in [9.17, 15) is 19.6 Å². The Labute approximate surface area is 245 Å². The van der Waals surface area contributed by atoms with Crippen LogP contribution in [0.25, 0.3) is 21.9 Å². The van der Waals surface area contributed by atoms with Crippen molar-refractivity contribution in [2.75, 3.05) is 19.5 Å². The van der Waals surface area contributed by atoms with E-state index in [-0.39, 0.29) is 28.7 Å². The van der Waals surface area contributed by atoms with E-state index in [2.05, 4.69) is 20.0 Å². The molecule has 16 heteroatoms. The number of methoxy groups -OCH3 is 1. The number of nitrogens with two attached hydrogens (primary N) is 1. The molecule has 5 N–H and O–H groups in total. The Hall–Kier alpha value is -3.88. The Morgan fingerprint density at radius 3 is 2.67 bits per heavy atom. The zero-order valence-electron chi connectivity index (χ0n) is 23.7. The van der Waals surface area contributed by atoms with E-state index in [1.165, 1.54) is 24.9 Å². The third-order valence-corrected chi connectivity index (χ3v) is 8.67. The van der Waals surface area contributed by atoms with Gasteiger partial charge in [0.05, 0.1) is 20.0 Å². The van der Waals surface area contributed by atoms with E-state index in [0.717, 1.165) is 5.39 Å². The number of carboxylic acids is 1. The third kappa shape index (κ3) is 5.86. The molecule has 4 aromatic rings. The molecule has 2 aromatic carbocycles. The van der Waals surface area contributed by atoms with Gasteiger partial charge in [0.15, 0.2) is 23.6 Å². The van der Waals surface area contributed by atoms with Crippen molar-refractivity contribution in [1.82, 2.24) is 24.6 Å². The zero-order chi connectivity index (χ0) is 31.1. The van der Waals surface area contributed by atoms with Gasteiger partial charge >= 0.3 is 13.7 Å². The lowest BCUT2D eigenvalue weighted by Gasteiger charge is -2.27. The maximum atomic E-state index is 15.7. The van der Waals surface area contributed by atoms with Crippen molar-refractivity contribution in [2.45, 2.75) is 50.9 Å². The second-order valence-electron chi connectivity index (χ2n) is 10.6. The minimum atomic E-state index is -4.50. The van der Waals surface area contributed by atoms with Gasteiger partial charge in [0, 0.05) is 5.39 Å². The number of alkyl halides is 1. The van der Waals surface area contributed by atoms with Crippen LogP contribution in [-0.4, -0.2) is 73.3 Å². The van der Waals surface area contributed by atoms with Crippen molar-refractivity contribution in [2.24, 2.45) is 5.92 Å². The largest absolute Gasteiger partial charge is 0.480 e. The Morgan fingerprint density at radius 2 is 1.98 bits per heavy atom. The van der Waals surface area contributed by atoms with Crippen LogP contribution in [0.3, 0.4) is 0 Å². The Morgan fingerprint density at radius 1 is 1.26 bits per heavy atom. The van der Waals surface area contributed by atoms with Crippen molar-refractivity contribution >= 4 is 41.6 Å². The maximum Gasteiger partial charge on any atom is 0.459 e. The minimum absolute atomic E-state index is 0.0753. The number of nitrogens with one attached hydrogen (secondary N) is 1. The van der Waals surface area contributed by atoms with Gasteiger partial charge in [-0.25, -0.2) is 13.9 Å². The van der Waals surface area contributed by atoms with Crippen LogP contribution >= 0.6 is 7.75 Å². The molecule has 1 aliphatic rings. The third-order valence-electron chi connectivity index (χ3n) is 7.15. The van der Waals surface area contributed by atoms with Crippen LogP contribution < -0.4 is 20.1 Å². The topological polar surface area (TPSA) is 193 Å². The number of anilines is 1. The molecule has 3 heterocycles. The fourth-order valence-electron chi connectivity index (χ4n) is 4.90. The van der Waals surface area contributed by atoms with E-state index >= 15 is 4.39 Å². The number of carbonyl (C=O) groups is 1. The lowest BCUT2D eigenvalue weighted by Crippen LogP contribution is -2.42. The summed E-state index contributed by atoms with van der Waals surface area (Å²) in [5.41, 5.74) is 3.98. The SMILES string of the molecule is COc1nc(N)nc2c1ncn2[C@@H]1O[C@H](COP(=O)(NC(C(=O)O)C(C)C)Oc2cccc3ccccc23)[C@H](F)[C@@]1(C)O. The van der Waals surface area contributed by atoms with Gasteiger partial charge in [-0.15, -0.1) is 0 Å². The van der Waals surface area contributed by atoms with Crippen molar-refractivity contribution in [1.29, 1.82) is 0 Å². The number of imidazole rings is 1. The highest BCUT2D eigenvalue weighted by molar-refractivity contribution is 7.52. The Kier molecular flexibility index (Phi) is 8.29. The molecular weight excluding hydrogens is 586 g/mol. The zero-order valence-corrected chi connectivity index (χ0v) is 24.6. The molecule has 1 fully saturated rings. The van der Waals surface area contributed by atoms with Gasteiger partial charge in [-0.3, -0.25) is 13.9 Å². The Balaban J connectivity index is 1.44. The lowest BCUT2D eigenvalue weighted by atomic mass is 9.98. The standard InChI is InChI=1S/C27H32FN6O8P/c1-14(2)19(24(35)36)33-43(38,42-17-11-7-9-15-8-5-6-10-16(15)17)40-12-18-21(28)27(3,37)25(41-18)34-13-30-20-22(34)31-26(29)32-23(20)39-4/h5-11,13-14,18-19,21,25,37H,12H2,1-4H3,(H,33,38)(H,35,36)(H2,29,31,32)/t18-,19?,21+,25-,27-,43?/m1/s1. The molecule has 0 saturated carbocycles. The summed E-state index contributed by atoms with van der Waals surface area (Å²) >= 11 is 0. The molecule has 230 valence electrons. The first kappa shape index (κ1) is 30.6. The second kappa shape index (κ2) is 11.7. The number of carboxylic acid groups (broad SMARTS) is 1. The predicted molar refractivity (Wildman–Crippen MR) is 153 cm³/mol. The summed E-state index contributed by atoms with van der Waals surface area (Å²) in [7, 11) is -3.13. The van der Waals surface area contributed by atoms with Gasteiger partial charge in [0.1, 0.15) is 23.5 Å². The van der Waals surface area contributed by atoms with Crippen molar-refractivity contribution in [3.8, 4) is 11.6 Å². The monoisotopic (exact) mass is 618 g/mol. The molecule has 1 saturated heterocycles. The van der Waals surface area contributed by atoms with Gasteiger partial charge in [0.25, 0.3) is 0 Å². The molecule has 14 nitrogen and oxygen atoms in total. The molecule has 5 rings (SSSR count). The summed E-state index contributed by atoms with van der Waals surface area (Å²) in [6.07, 6.45) is -3.62. The van der Waals surface area contributed by atoms with Crippen molar-refractivity contribution in [3.63, 3.8) is 0 Å². The van der Waals surface area contributed by atoms with E-state index in [4.69, 9.17) is 24.3 Å². The van der Waals surface area contributed by atoms with E-state index in [1.807, 2.05) is 18.2 Å². The van der Waals surface area contributed by atoms with Gasteiger partial charge in [0.2, 0.25) is 11.8 Å². The summed E-state index contributed by atoms with van der Waals surface area (Å²) in [6.45, 7) is 3.78. The fourth-order valence-corrected chi connectivity index (χ4v) is 6.59.